The Labute approximate surface area is 82.4 Å². The Balaban J connectivity index is 2.33. The number of rotatable bonds is 2. The van der Waals surface area contributed by atoms with Gasteiger partial charge in [-0.1, -0.05) is 12.2 Å². The van der Waals surface area contributed by atoms with Crippen LogP contribution in [0.1, 0.15) is 25.7 Å². The summed E-state index contributed by atoms with van der Waals surface area (Å²) in [5.74, 6) is -0.955. The molecule has 0 heterocycles. The van der Waals surface area contributed by atoms with E-state index in [2.05, 4.69) is 0 Å². The van der Waals surface area contributed by atoms with Crippen molar-refractivity contribution in [1.29, 1.82) is 0 Å². The molecule has 0 aromatic heterocycles. The van der Waals surface area contributed by atoms with Crippen LogP contribution in [0.4, 0.5) is 0 Å². The first-order valence-electron chi connectivity index (χ1n) is 4.91. The van der Waals surface area contributed by atoms with Gasteiger partial charge in [0.2, 0.25) is 0 Å². The van der Waals surface area contributed by atoms with E-state index in [1.165, 1.54) is 0 Å². The Morgan fingerprint density at radius 2 is 2.14 bits per heavy atom. The minimum atomic E-state index is -1.13. The van der Waals surface area contributed by atoms with Crippen molar-refractivity contribution in [2.45, 2.75) is 37.3 Å². The molecular formula is C10H15NO3. The molecule has 0 bridgehead atoms. The predicted molar refractivity (Wildman–Crippen MR) is 50.6 cm³/mol. The van der Waals surface area contributed by atoms with E-state index >= 15 is 0 Å². The summed E-state index contributed by atoms with van der Waals surface area (Å²) in [6.45, 7) is 0. The van der Waals surface area contributed by atoms with Gasteiger partial charge in [-0.25, -0.2) is 0 Å². The predicted octanol–water partition coefficient (Wildman–Crippen LogP) is 0.260. The highest BCUT2D eigenvalue weighted by Gasteiger charge is 2.59. The van der Waals surface area contributed by atoms with Crippen molar-refractivity contribution in [3.63, 3.8) is 0 Å². The van der Waals surface area contributed by atoms with E-state index in [1.54, 1.807) is 12.2 Å². The summed E-state index contributed by atoms with van der Waals surface area (Å²) in [4.78, 5) is 11.2. The number of hydrogen-bond acceptors (Lipinski definition) is 3. The Morgan fingerprint density at radius 3 is 2.43 bits per heavy atom. The maximum atomic E-state index is 11.2. The number of carbonyl (C=O) groups is 1. The molecule has 4 nitrogen and oxygen atoms in total. The Kier molecular flexibility index (Phi) is 1.94. The molecule has 2 aliphatic rings. The highest BCUT2D eigenvalue weighted by atomic mass is 16.4. The van der Waals surface area contributed by atoms with Crippen molar-refractivity contribution >= 4 is 5.97 Å². The van der Waals surface area contributed by atoms with Gasteiger partial charge in [0.25, 0.3) is 0 Å². The lowest BCUT2D eigenvalue weighted by Crippen LogP contribution is -2.56. The molecule has 2 aliphatic carbocycles. The lowest BCUT2D eigenvalue weighted by atomic mass is 9.60. The lowest BCUT2D eigenvalue weighted by molar-refractivity contribution is -0.174. The molecule has 4 heteroatoms. The average molecular weight is 197 g/mol. The van der Waals surface area contributed by atoms with E-state index in [0.717, 1.165) is 6.42 Å². The average Bonchev–Trinajstić information content (AvgIpc) is 2.45. The van der Waals surface area contributed by atoms with Gasteiger partial charge in [-0.3, -0.25) is 4.79 Å². The molecule has 1 saturated carbocycles. The maximum absolute atomic E-state index is 11.2. The van der Waals surface area contributed by atoms with E-state index in [0.29, 0.717) is 19.3 Å². The van der Waals surface area contributed by atoms with Crippen LogP contribution in [0, 0.1) is 5.41 Å². The first-order chi connectivity index (χ1) is 6.50. The smallest absolute Gasteiger partial charge is 0.316 e. The second-order valence-corrected chi connectivity index (χ2v) is 4.39. The van der Waals surface area contributed by atoms with Gasteiger partial charge >= 0.3 is 5.97 Å². The second kappa shape index (κ2) is 2.81. The van der Waals surface area contributed by atoms with Crippen molar-refractivity contribution in [2.75, 3.05) is 0 Å². The third kappa shape index (κ3) is 1.04. The number of carboxylic acids is 1. The van der Waals surface area contributed by atoms with E-state index < -0.39 is 17.0 Å². The molecule has 0 aliphatic heterocycles. The van der Waals surface area contributed by atoms with Crippen LogP contribution in [-0.4, -0.2) is 27.8 Å². The summed E-state index contributed by atoms with van der Waals surface area (Å²) in [7, 11) is 0. The normalized spacial score (nSPS) is 39.4. The Bertz CT molecular complexity index is 296. The number of aliphatic carboxylic acids is 1. The zero-order valence-corrected chi connectivity index (χ0v) is 7.94. The molecule has 2 rings (SSSR count). The van der Waals surface area contributed by atoms with Crippen LogP contribution >= 0.6 is 0 Å². The summed E-state index contributed by atoms with van der Waals surface area (Å²) in [6, 6.07) is -0.240. The standard InChI is InChI=1S/C10H15NO3/c11-7-2-5-9(6-7,8(12)13)10(14)3-1-4-10/h2,5,7,14H,1,3-4,6,11H2,(H,12,13)/t7-,9-/m1/s1. The molecule has 0 amide bonds. The molecular weight excluding hydrogens is 182 g/mol. The van der Waals surface area contributed by atoms with Crippen LogP contribution < -0.4 is 5.73 Å². The molecule has 2 atom stereocenters. The van der Waals surface area contributed by atoms with Crippen LogP contribution in [0.5, 0.6) is 0 Å². The minimum absolute atomic E-state index is 0.240. The first-order valence-corrected chi connectivity index (χ1v) is 4.91. The van der Waals surface area contributed by atoms with Crippen LogP contribution in [0.15, 0.2) is 12.2 Å². The molecule has 1 fully saturated rings. The van der Waals surface area contributed by atoms with E-state index in [-0.39, 0.29) is 6.04 Å². The second-order valence-electron chi connectivity index (χ2n) is 4.39. The maximum Gasteiger partial charge on any atom is 0.316 e. The van der Waals surface area contributed by atoms with Gasteiger partial charge in [0.15, 0.2) is 0 Å². The highest BCUT2D eigenvalue weighted by Crippen LogP contribution is 2.51. The summed E-state index contributed by atoms with van der Waals surface area (Å²) in [5, 5.41) is 19.4. The molecule has 0 aromatic rings. The molecule has 0 unspecified atom stereocenters. The summed E-state index contributed by atoms with van der Waals surface area (Å²) >= 11 is 0. The fraction of sp³-hybridized carbons (Fsp3) is 0.700. The Morgan fingerprint density at radius 1 is 1.50 bits per heavy atom. The summed E-state index contributed by atoms with van der Waals surface area (Å²) in [6.07, 6.45) is 5.61. The van der Waals surface area contributed by atoms with Gasteiger partial charge in [0.05, 0.1) is 5.60 Å². The number of hydrogen-bond donors (Lipinski definition) is 3. The van der Waals surface area contributed by atoms with Crippen LogP contribution in [0.25, 0.3) is 0 Å². The molecule has 0 aromatic carbocycles. The first kappa shape index (κ1) is 9.68. The van der Waals surface area contributed by atoms with Gasteiger partial charge < -0.3 is 15.9 Å². The Hall–Kier alpha value is -0.870. The fourth-order valence-electron chi connectivity index (χ4n) is 2.46. The molecule has 0 spiro atoms. The van der Waals surface area contributed by atoms with Gasteiger partial charge in [-0.05, 0) is 25.7 Å². The number of nitrogens with two attached hydrogens (primary N) is 1. The van der Waals surface area contributed by atoms with Crippen LogP contribution in [0.3, 0.4) is 0 Å². The molecule has 0 saturated heterocycles. The SMILES string of the molecule is N[C@@H]1C=C[C@@](C(=O)O)(C2(O)CCC2)C1. The van der Waals surface area contributed by atoms with Crippen LogP contribution in [0.2, 0.25) is 0 Å². The van der Waals surface area contributed by atoms with E-state index in [4.69, 9.17) is 5.73 Å². The van der Waals surface area contributed by atoms with Crippen molar-refractivity contribution in [2.24, 2.45) is 11.1 Å². The van der Waals surface area contributed by atoms with E-state index in [9.17, 15) is 15.0 Å². The van der Waals surface area contributed by atoms with Gasteiger partial charge in [0, 0.05) is 6.04 Å². The molecule has 4 N–H and O–H groups in total. The minimum Gasteiger partial charge on any atom is -0.481 e. The molecule has 0 radical (unpaired) electrons. The monoisotopic (exact) mass is 197 g/mol. The third-order valence-electron chi connectivity index (χ3n) is 3.58. The number of aliphatic hydroxyl groups is 1. The van der Waals surface area contributed by atoms with E-state index in [1.807, 2.05) is 0 Å². The summed E-state index contributed by atoms with van der Waals surface area (Å²) < 4.78 is 0. The highest BCUT2D eigenvalue weighted by molar-refractivity contribution is 5.80. The largest absolute Gasteiger partial charge is 0.481 e. The zero-order valence-electron chi connectivity index (χ0n) is 7.94. The van der Waals surface area contributed by atoms with Gasteiger partial charge in [-0.2, -0.15) is 0 Å². The van der Waals surface area contributed by atoms with Crippen molar-refractivity contribution in [3.8, 4) is 0 Å². The molecule has 14 heavy (non-hydrogen) atoms. The summed E-state index contributed by atoms with van der Waals surface area (Å²) in [5.41, 5.74) is 3.46. The topological polar surface area (TPSA) is 83.6 Å². The zero-order chi connectivity index (χ0) is 10.4. The van der Waals surface area contributed by atoms with Gasteiger partial charge in [0.1, 0.15) is 5.41 Å². The third-order valence-corrected chi connectivity index (χ3v) is 3.58. The van der Waals surface area contributed by atoms with Crippen molar-refractivity contribution in [1.82, 2.24) is 0 Å². The van der Waals surface area contributed by atoms with Crippen LogP contribution in [-0.2, 0) is 4.79 Å². The lowest BCUT2D eigenvalue weighted by Gasteiger charge is -2.47. The number of carboxylic acid groups (broad SMARTS) is 1. The van der Waals surface area contributed by atoms with Crippen molar-refractivity contribution in [3.05, 3.63) is 12.2 Å². The quantitative estimate of drug-likeness (QED) is 0.554. The van der Waals surface area contributed by atoms with Crippen molar-refractivity contribution < 1.29 is 15.0 Å². The van der Waals surface area contributed by atoms with Gasteiger partial charge in [-0.15, -0.1) is 0 Å². The fourth-order valence-corrected chi connectivity index (χ4v) is 2.46. The molecule has 78 valence electrons.